The fourth-order valence-electron chi connectivity index (χ4n) is 2.17. The summed E-state index contributed by atoms with van der Waals surface area (Å²) in [6.07, 6.45) is 4.49. The highest BCUT2D eigenvalue weighted by atomic mass is 32.1. The lowest BCUT2D eigenvalue weighted by Crippen LogP contribution is -2.28. The molecule has 2 heterocycles. The predicted molar refractivity (Wildman–Crippen MR) is 79.8 cm³/mol. The molecule has 0 spiro atoms. The van der Waals surface area contributed by atoms with Crippen LogP contribution in [-0.4, -0.2) is 4.98 Å². The van der Waals surface area contributed by atoms with Gasteiger partial charge in [-0.1, -0.05) is 18.2 Å². The standard InChI is InChI=1S/C15H15N3S/c16-18-13(9-11-5-7-17-8-6-11)15-10-12-3-1-2-4-14(12)19-15/h1-8,10,13,18H,9,16H2. The summed E-state index contributed by atoms with van der Waals surface area (Å²) < 4.78 is 1.30. The number of thiophene rings is 1. The summed E-state index contributed by atoms with van der Waals surface area (Å²) in [4.78, 5) is 5.30. The van der Waals surface area contributed by atoms with Gasteiger partial charge in [-0.15, -0.1) is 11.3 Å². The van der Waals surface area contributed by atoms with Gasteiger partial charge in [0.25, 0.3) is 0 Å². The molecule has 1 unspecified atom stereocenters. The Hall–Kier alpha value is -1.75. The Morgan fingerprint density at radius 3 is 2.68 bits per heavy atom. The van der Waals surface area contributed by atoms with E-state index in [0.29, 0.717) is 0 Å². The Labute approximate surface area is 116 Å². The average Bonchev–Trinajstić information content (AvgIpc) is 2.89. The summed E-state index contributed by atoms with van der Waals surface area (Å²) in [7, 11) is 0. The molecule has 0 aliphatic rings. The van der Waals surface area contributed by atoms with Crippen LogP contribution >= 0.6 is 11.3 Å². The Morgan fingerprint density at radius 1 is 1.16 bits per heavy atom. The molecule has 96 valence electrons. The third-order valence-corrected chi connectivity index (χ3v) is 4.41. The SMILES string of the molecule is NNC(Cc1ccncc1)c1cc2ccccc2s1. The van der Waals surface area contributed by atoms with Crippen molar-refractivity contribution in [2.75, 3.05) is 0 Å². The minimum Gasteiger partial charge on any atom is -0.271 e. The lowest BCUT2D eigenvalue weighted by Gasteiger charge is -2.13. The number of nitrogens with two attached hydrogens (primary N) is 1. The molecule has 1 aromatic carbocycles. The first-order valence-corrected chi connectivity index (χ1v) is 7.02. The summed E-state index contributed by atoms with van der Waals surface area (Å²) in [6.45, 7) is 0. The molecule has 0 bridgehead atoms. The highest BCUT2D eigenvalue weighted by molar-refractivity contribution is 7.19. The molecule has 0 fully saturated rings. The number of hydrogen-bond acceptors (Lipinski definition) is 4. The summed E-state index contributed by atoms with van der Waals surface area (Å²) in [5, 5.41) is 1.28. The number of hydrazine groups is 1. The van der Waals surface area contributed by atoms with E-state index in [1.165, 1.54) is 20.5 Å². The average molecular weight is 269 g/mol. The van der Waals surface area contributed by atoms with Crippen LogP contribution in [0.25, 0.3) is 10.1 Å². The van der Waals surface area contributed by atoms with Crippen molar-refractivity contribution in [1.29, 1.82) is 0 Å². The van der Waals surface area contributed by atoms with Gasteiger partial charge in [-0.2, -0.15) is 0 Å². The van der Waals surface area contributed by atoms with Gasteiger partial charge in [0.1, 0.15) is 0 Å². The van der Waals surface area contributed by atoms with Gasteiger partial charge in [-0.05, 0) is 41.6 Å². The van der Waals surface area contributed by atoms with Crippen LogP contribution in [0.3, 0.4) is 0 Å². The number of aromatic nitrogens is 1. The van der Waals surface area contributed by atoms with Crippen molar-refractivity contribution in [2.45, 2.75) is 12.5 Å². The summed E-state index contributed by atoms with van der Waals surface area (Å²) in [5.41, 5.74) is 4.15. The number of benzene rings is 1. The van der Waals surface area contributed by atoms with Crippen molar-refractivity contribution in [3.63, 3.8) is 0 Å². The third kappa shape index (κ3) is 2.66. The van der Waals surface area contributed by atoms with Crippen molar-refractivity contribution >= 4 is 21.4 Å². The quantitative estimate of drug-likeness (QED) is 0.565. The maximum absolute atomic E-state index is 5.72. The zero-order valence-corrected chi connectivity index (χ0v) is 11.2. The molecule has 0 saturated carbocycles. The molecule has 0 aliphatic heterocycles. The van der Waals surface area contributed by atoms with Gasteiger partial charge in [-0.3, -0.25) is 16.3 Å². The first kappa shape index (κ1) is 12.3. The van der Waals surface area contributed by atoms with Crippen molar-refractivity contribution in [2.24, 2.45) is 5.84 Å². The van der Waals surface area contributed by atoms with Crippen LogP contribution in [0.5, 0.6) is 0 Å². The van der Waals surface area contributed by atoms with E-state index >= 15 is 0 Å². The summed E-state index contributed by atoms with van der Waals surface area (Å²) in [6, 6.07) is 14.8. The van der Waals surface area contributed by atoms with E-state index in [1.54, 1.807) is 11.3 Å². The van der Waals surface area contributed by atoms with Crippen LogP contribution in [-0.2, 0) is 6.42 Å². The molecule has 1 atom stereocenters. The van der Waals surface area contributed by atoms with Crippen LogP contribution in [0.4, 0.5) is 0 Å². The highest BCUT2D eigenvalue weighted by Crippen LogP contribution is 2.30. The number of hydrogen-bond donors (Lipinski definition) is 2. The third-order valence-electron chi connectivity index (χ3n) is 3.18. The Balaban J connectivity index is 1.89. The first-order valence-electron chi connectivity index (χ1n) is 6.20. The van der Waals surface area contributed by atoms with Gasteiger partial charge in [-0.25, -0.2) is 0 Å². The number of nitrogens with zero attached hydrogens (tertiary/aromatic N) is 1. The minimum atomic E-state index is 0.139. The Kier molecular flexibility index (Phi) is 3.55. The second-order valence-electron chi connectivity index (χ2n) is 4.47. The molecule has 3 rings (SSSR count). The second-order valence-corrected chi connectivity index (χ2v) is 5.58. The van der Waals surface area contributed by atoms with Gasteiger partial charge in [0, 0.05) is 22.0 Å². The molecule has 0 saturated heterocycles. The Morgan fingerprint density at radius 2 is 1.95 bits per heavy atom. The van der Waals surface area contributed by atoms with E-state index in [2.05, 4.69) is 40.7 Å². The zero-order chi connectivity index (χ0) is 13.1. The van der Waals surface area contributed by atoms with Crippen LogP contribution in [0.15, 0.2) is 54.9 Å². The van der Waals surface area contributed by atoms with E-state index in [1.807, 2.05) is 24.5 Å². The van der Waals surface area contributed by atoms with Crippen LogP contribution in [0.2, 0.25) is 0 Å². The zero-order valence-electron chi connectivity index (χ0n) is 10.4. The molecule has 0 amide bonds. The molecule has 3 N–H and O–H groups in total. The minimum absolute atomic E-state index is 0.139. The molecular weight excluding hydrogens is 254 g/mol. The molecule has 0 radical (unpaired) electrons. The lowest BCUT2D eigenvalue weighted by molar-refractivity contribution is 0.560. The van der Waals surface area contributed by atoms with Gasteiger partial charge in [0.15, 0.2) is 0 Å². The van der Waals surface area contributed by atoms with Crippen LogP contribution in [0.1, 0.15) is 16.5 Å². The van der Waals surface area contributed by atoms with Gasteiger partial charge >= 0.3 is 0 Å². The molecule has 4 heteroatoms. The van der Waals surface area contributed by atoms with Gasteiger partial charge < -0.3 is 0 Å². The fourth-order valence-corrected chi connectivity index (χ4v) is 3.30. The number of pyridine rings is 1. The van der Waals surface area contributed by atoms with Crippen molar-refractivity contribution in [1.82, 2.24) is 10.4 Å². The van der Waals surface area contributed by atoms with E-state index in [4.69, 9.17) is 5.84 Å². The van der Waals surface area contributed by atoms with E-state index < -0.39 is 0 Å². The fraction of sp³-hybridized carbons (Fsp3) is 0.133. The molecule has 19 heavy (non-hydrogen) atoms. The van der Waals surface area contributed by atoms with Crippen LogP contribution in [0, 0.1) is 0 Å². The second kappa shape index (κ2) is 5.48. The van der Waals surface area contributed by atoms with E-state index in [-0.39, 0.29) is 6.04 Å². The maximum atomic E-state index is 5.72. The van der Waals surface area contributed by atoms with E-state index in [9.17, 15) is 0 Å². The first-order chi connectivity index (χ1) is 9.36. The number of fused-ring (bicyclic) bond motifs is 1. The predicted octanol–water partition coefficient (Wildman–Crippen LogP) is 3.04. The number of rotatable bonds is 4. The summed E-state index contributed by atoms with van der Waals surface area (Å²) >= 11 is 1.79. The molecular formula is C15H15N3S. The van der Waals surface area contributed by atoms with Crippen molar-refractivity contribution in [3.8, 4) is 0 Å². The lowest BCUT2D eigenvalue weighted by atomic mass is 10.1. The molecule has 3 nitrogen and oxygen atoms in total. The van der Waals surface area contributed by atoms with Crippen LogP contribution < -0.4 is 11.3 Å². The van der Waals surface area contributed by atoms with E-state index in [0.717, 1.165) is 6.42 Å². The van der Waals surface area contributed by atoms with Crippen molar-refractivity contribution < 1.29 is 0 Å². The Bertz CT molecular complexity index is 630. The topological polar surface area (TPSA) is 50.9 Å². The van der Waals surface area contributed by atoms with Crippen molar-refractivity contribution in [3.05, 3.63) is 65.3 Å². The molecule has 2 aromatic heterocycles. The normalized spacial score (nSPS) is 12.7. The maximum Gasteiger partial charge on any atom is 0.0593 e. The monoisotopic (exact) mass is 269 g/mol. The van der Waals surface area contributed by atoms with Gasteiger partial charge in [0.05, 0.1) is 6.04 Å². The highest BCUT2D eigenvalue weighted by Gasteiger charge is 2.13. The number of nitrogens with one attached hydrogen (secondary N) is 1. The largest absolute Gasteiger partial charge is 0.271 e. The van der Waals surface area contributed by atoms with Gasteiger partial charge in [0.2, 0.25) is 0 Å². The molecule has 0 aliphatic carbocycles. The summed E-state index contributed by atoms with van der Waals surface area (Å²) in [5.74, 6) is 5.72. The smallest absolute Gasteiger partial charge is 0.0593 e. The molecule has 3 aromatic rings.